The van der Waals surface area contributed by atoms with Crippen molar-refractivity contribution >= 4 is 23.2 Å². The summed E-state index contributed by atoms with van der Waals surface area (Å²) in [5.74, 6) is -0.666. The quantitative estimate of drug-likeness (QED) is 0.883. The first-order chi connectivity index (χ1) is 11.6. The highest BCUT2D eigenvalue weighted by atomic mass is 16.5. The Morgan fingerprint density at radius 2 is 1.88 bits per heavy atom. The van der Waals surface area contributed by atoms with Gasteiger partial charge < -0.3 is 15.0 Å². The summed E-state index contributed by atoms with van der Waals surface area (Å²) in [4.78, 5) is 26.7. The van der Waals surface area contributed by atoms with Gasteiger partial charge in [-0.25, -0.2) is 0 Å². The average molecular weight is 324 g/mol. The van der Waals surface area contributed by atoms with Gasteiger partial charge in [-0.1, -0.05) is 30.3 Å². The van der Waals surface area contributed by atoms with Crippen LogP contribution in [0.1, 0.15) is 19.4 Å². The molecule has 1 aliphatic heterocycles. The molecule has 3 rings (SSSR count). The van der Waals surface area contributed by atoms with E-state index in [-0.39, 0.29) is 6.04 Å². The second-order valence-electron chi connectivity index (χ2n) is 5.74. The van der Waals surface area contributed by atoms with Crippen LogP contribution < -0.4 is 15.0 Å². The van der Waals surface area contributed by atoms with Crippen molar-refractivity contribution < 1.29 is 14.3 Å². The van der Waals surface area contributed by atoms with E-state index in [2.05, 4.69) is 5.32 Å². The second-order valence-corrected chi connectivity index (χ2v) is 5.74. The highest BCUT2D eigenvalue weighted by Gasteiger charge is 2.34. The summed E-state index contributed by atoms with van der Waals surface area (Å²) in [7, 11) is 0. The summed E-state index contributed by atoms with van der Waals surface area (Å²) in [6.45, 7) is 4.29. The third-order valence-corrected chi connectivity index (χ3v) is 4.06. The Morgan fingerprint density at radius 1 is 1.17 bits per heavy atom. The van der Waals surface area contributed by atoms with Crippen LogP contribution in [0.5, 0.6) is 5.75 Å². The van der Waals surface area contributed by atoms with E-state index in [9.17, 15) is 9.59 Å². The minimum Gasteiger partial charge on any atom is -0.492 e. The molecule has 0 saturated heterocycles. The molecule has 0 aromatic heterocycles. The number of nitrogens with one attached hydrogen (secondary N) is 1. The zero-order chi connectivity index (χ0) is 17.1. The van der Waals surface area contributed by atoms with Crippen molar-refractivity contribution in [2.45, 2.75) is 26.3 Å². The Bertz CT molecular complexity index is 773. The summed E-state index contributed by atoms with van der Waals surface area (Å²) in [5.41, 5.74) is 2.39. The van der Waals surface area contributed by atoms with Crippen molar-refractivity contribution in [2.75, 3.05) is 16.8 Å². The Balaban J connectivity index is 1.80. The number of hydrogen-bond donors (Lipinski definition) is 1. The first-order valence-corrected chi connectivity index (χ1v) is 8.06. The lowest BCUT2D eigenvalue weighted by atomic mass is 10.1. The molecule has 5 heteroatoms. The Labute approximate surface area is 141 Å². The Kier molecular flexibility index (Phi) is 4.51. The van der Waals surface area contributed by atoms with E-state index in [1.54, 1.807) is 23.1 Å². The van der Waals surface area contributed by atoms with Gasteiger partial charge in [-0.2, -0.15) is 0 Å². The smallest absolute Gasteiger partial charge is 0.316 e. The van der Waals surface area contributed by atoms with Crippen LogP contribution in [0.4, 0.5) is 11.4 Å². The normalized spacial score (nSPS) is 15.8. The third-order valence-electron chi connectivity index (χ3n) is 4.06. The maximum Gasteiger partial charge on any atom is 0.316 e. The lowest BCUT2D eigenvalue weighted by molar-refractivity contribution is -0.134. The largest absolute Gasteiger partial charge is 0.492 e. The third kappa shape index (κ3) is 2.97. The minimum atomic E-state index is -0.661. The second kappa shape index (κ2) is 6.74. The van der Waals surface area contributed by atoms with Gasteiger partial charge in [0.25, 0.3) is 0 Å². The highest BCUT2D eigenvalue weighted by Crippen LogP contribution is 2.32. The zero-order valence-electron chi connectivity index (χ0n) is 13.8. The average Bonchev–Trinajstić information content (AvgIpc) is 2.92. The number of ether oxygens (including phenoxy) is 1. The van der Waals surface area contributed by atoms with Crippen molar-refractivity contribution in [1.29, 1.82) is 0 Å². The number of para-hydroxylation sites is 3. The van der Waals surface area contributed by atoms with Crippen LogP contribution in [0.3, 0.4) is 0 Å². The van der Waals surface area contributed by atoms with Gasteiger partial charge in [0.1, 0.15) is 5.75 Å². The summed E-state index contributed by atoms with van der Waals surface area (Å²) in [6.07, 6.45) is 0.755. The van der Waals surface area contributed by atoms with Gasteiger partial charge in [-0.3, -0.25) is 9.59 Å². The number of fused-ring (bicyclic) bond motifs is 1. The molecule has 0 fully saturated rings. The Morgan fingerprint density at radius 3 is 2.67 bits per heavy atom. The maximum atomic E-state index is 12.7. The first kappa shape index (κ1) is 16.1. The van der Waals surface area contributed by atoms with Crippen molar-refractivity contribution in [1.82, 2.24) is 0 Å². The van der Waals surface area contributed by atoms with Gasteiger partial charge in [0.2, 0.25) is 0 Å². The number of benzene rings is 2. The fourth-order valence-electron chi connectivity index (χ4n) is 3.01. The number of rotatable bonds is 3. The minimum absolute atomic E-state index is 0.0391. The van der Waals surface area contributed by atoms with Crippen LogP contribution in [-0.4, -0.2) is 24.5 Å². The number of anilines is 2. The predicted octanol–water partition coefficient (Wildman–Crippen LogP) is 3.00. The lowest BCUT2D eigenvalue weighted by Gasteiger charge is -2.22. The van der Waals surface area contributed by atoms with Gasteiger partial charge in [-0.15, -0.1) is 0 Å². The number of carbonyl (C=O) groups excluding carboxylic acids is 2. The van der Waals surface area contributed by atoms with Gasteiger partial charge >= 0.3 is 11.8 Å². The number of nitrogens with zero attached hydrogens (tertiary/aromatic N) is 1. The van der Waals surface area contributed by atoms with E-state index in [0.29, 0.717) is 18.0 Å². The monoisotopic (exact) mass is 324 g/mol. The molecule has 2 aromatic carbocycles. The van der Waals surface area contributed by atoms with Crippen LogP contribution in [0, 0.1) is 0 Å². The molecule has 1 N–H and O–H groups in total. The van der Waals surface area contributed by atoms with Gasteiger partial charge in [0, 0.05) is 11.7 Å². The molecule has 1 unspecified atom stereocenters. The SMILES string of the molecule is CCOc1ccccc1NC(=O)C(=O)N1c2ccccc2CC1C. The van der Waals surface area contributed by atoms with E-state index < -0.39 is 11.8 Å². The highest BCUT2D eigenvalue weighted by molar-refractivity contribution is 6.44. The molecule has 124 valence electrons. The van der Waals surface area contributed by atoms with Crippen LogP contribution in [-0.2, 0) is 16.0 Å². The number of amides is 2. The van der Waals surface area contributed by atoms with E-state index >= 15 is 0 Å². The topological polar surface area (TPSA) is 58.6 Å². The molecule has 24 heavy (non-hydrogen) atoms. The molecule has 0 saturated carbocycles. The molecule has 1 heterocycles. The predicted molar refractivity (Wildman–Crippen MR) is 93.3 cm³/mol. The van der Waals surface area contributed by atoms with Crippen molar-refractivity contribution in [3.63, 3.8) is 0 Å². The zero-order valence-corrected chi connectivity index (χ0v) is 13.8. The molecular formula is C19H20N2O3. The van der Waals surface area contributed by atoms with Gasteiger partial charge in [0.15, 0.2) is 0 Å². The molecule has 0 bridgehead atoms. The first-order valence-electron chi connectivity index (χ1n) is 8.06. The van der Waals surface area contributed by atoms with Crippen molar-refractivity contribution in [2.24, 2.45) is 0 Å². The fourth-order valence-corrected chi connectivity index (χ4v) is 3.01. The van der Waals surface area contributed by atoms with Crippen molar-refractivity contribution in [3.8, 4) is 5.75 Å². The molecule has 2 aromatic rings. The molecule has 1 atom stereocenters. The van der Waals surface area contributed by atoms with Gasteiger partial charge in [-0.05, 0) is 44.0 Å². The van der Waals surface area contributed by atoms with Crippen LogP contribution in [0.25, 0.3) is 0 Å². The maximum absolute atomic E-state index is 12.7. The molecule has 0 radical (unpaired) electrons. The Hall–Kier alpha value is -2.82. The van der Waals surface area contributed by atoms with E-state index in [0.717, 1.165) is 17.7 Å². The summed E-state index contributed by atoms with van der Waals surface area (Å²) in [5, 5.41) is 2.67. The number of carbonyl (C=O) groups is 2. The molecular weight excluding hydrogens is 304 g/mol. The lowest BCUT2D eigenvalue weighted by Crippen LogP contribution is -2.43. The molecule has 2 amide bonds. The van der Waals surface area contributed by atoms with Crippen molar-refractivity contribution in [3.05, 3.63) is 54.1 Å². The summed E-state index contributed by atoms with van der Waals surface area (Å²) in [6, 6.07) is 14.7. The molecule has 0 spiro atoms. The number of hydrogen-bond acceptors (Lipinski definition) is 3. The van der Waals surface area contributed by atoms with Crippen LogP contribution >= 0.6 is 0 Å². The van der Waals surface area contributed by atoms with Gasteiger partial charge in [0.05, 0.1) is 12.3 Å². The molecule has 1 aliphatic rings. The molecule has 5 nitrogen and oxygen atoms in total. The van der Waals surface area contributed by atoms with Crippen LogP contribution in [0.2, 0.25) is 0 Å². The summed E-state index contributed by atoms with van der Waals surface area (Å²) >= 11 is 0. The van der Waals surface area contributed by atoms with E-state index in [1.807, 2.05) is 44.2 Å². The standard InChI is InChI=1S/C19H20N2O3/c1-3-24-17-11-7-5-9-15(17)20-18(22)19(23)21-13(2)12-14-8-4-6-10-16(14)21/h4-11,13H,3,12H2,1-2H3,(H,20,22). The van der Waals surface area contributed by atoms with E-state index in [1.165, 1.54) is 0 Å². The molecule has 0 aliphatic carbocycles. The van der Waals surface area contributed by atoms with E-state index in [4.69, 9.17) is 4.74 Å². The fraction of sp³-hybridized carbons (Fsp3) is 0.263. The summed E-state index contributed by atoms with van der Waals surface area (Å²) < 4.78 is 5.48. The van der Waals surface area contributed by atoms with Crippen LogP contribution in [0.15, 0.2) is 48.5 Å².